The Balaban J connectivity index is 0.00000264. The Morgan fingerprint density at radius 3 is 2.39 bits per heavy atom. The van der Waals surface area contributed by atoms with Crippen LogP contribution in [0.25, 0.3) is 0 Å². The zero-order chi connectivity index (χ0) is 15.8. The second kappa shape index (κ2) is 10.7. The first-order valence-corrected chi connectivity index (χ1v) is 8.81. The highest BCUT2D eigenvalue weighted by Gasteiger charge is 2.32. The van der Waals surface area contributed by atoms with Crippen molar-refractivity contribution in [3.8, 4) is 0 Å². The van der Waals surface area contributed by atoms with Crippen LogP contribution in [0.4, 0.5) is 0 Å². The molecule has 1 aliphatic heterocycles. The second-order valence-corrected chi connectivity index (χ2v) is 6.70. The number of hydrogen-bond acceptors (Lipinski definition) is 3. The molecule has 2 fully saturated rings. The molecule has 1 saturated heterocycles. The topological polar surface area (TPSA) is 54.9 Å². The Hall–Kier alpha value is -0.0800. The fourth-order valence-corrected chi connectivity index (χ4v) is 3.54. The molecule has 2 aliphatic rings. The van der Waals surface area contributed by atoms with Gasteiger partial charge in [-0.1, -0.05) is 13.3 Å². The van der Waals surface area contributed by atoms with E-state index in [0.29, 0.717) is 6.04 Å². The summed E-state index contributed by atoms with van der Waals surface area (Å²) in [6.45, 7) is 4.65. The third kappa shape index (κ3) is 6.38. The average Bonchev–Trinajstić information content (AvgIpc) is 2.60. The Morgan fingerprint density at radius 2 is 1.87 bits per heavy atom. The monoisotopic (exact) mass is 439 g/mol. The van der Waals surface area contributed by atoms with Crippen LogP contribution in [0, 0.1) is 5.92 Å². The number of nitrogens with zero attached hydrogens (tertiary/aromatic N) is 1. The average molecular weight is 439 g/mol. The van der Waals surface area contributed by atoms with Gasteiger partial charge < -0.3 is 20.1 Å². The maximum Gasteiger partial charge on any atom is 0.191 e. The van der Waals surface area contributed by atoms with E-state index in [0.717, 1.165) is 44.5 Å². The molecule has 0 aromatic carbocycles. The predicted octanol–water partition coefficient (Wildman–Crippen LogP) is 2.93. The fourth-order valence-electron chi connectivity index (χ4n) is 3.54. The second-order valence-electron chi connectivity index (χ2n) is 6.70. The van der Waals surface area contributed by atoms with E-state index in [9.17, 15) is 0 Å². The zero-order valence-electron chi connectivity index (χ0n) is 14.9. The van der Waals surface area contributed by atoms with Gasteiger partial charge in [0, 0.05) is 52.8 Å². The number of methoxy groups -OCH3 is 1. The largest absolute Gasteiger partial charge is 0.381 e. The highest BCUT2D eigenvalue weighted by molar-refractivity contribution is 14.0. The van der Waals surface area contributed by atoms with Crippen LogP contribution in [0.2, 0.25) is 0 Å². The maximum absolute atomic E-state index is 5.77. The van der Waals surface area contributed by atoms with Crippen LogP contribution in [0.5, 0.6) is 0 Å². The summed E-state index contributed by atoms with van der Waals surface area (Å²) in [5.41, 5.74) is -0.115. The molecule has 0 spiro atoms. The number of halogens is 1. The lowest BCUT2D eigenvalue weighted by atomic mass is 9.84. The minimum absolute atomic E-state index is 0. The minimum Gasteiger partial charge on any atom is -0.381 e. The highest BCUT2D eigenvalue weighted by Crippen LogP contribution is 2.26. The van der Waals surface area contributed by atoms with Gasteiger partial charge in [-0.2, -0.15) is 0 Å². The molecule has 0 bridgehead atoms. The van der Waals surface area contributed by atoms with Crippen molar-refractivity contribution in [2.45, 2.75) is 63.5 Å². The predicted molar refractivity (Wildman–Crippen MR) is 106 cm³/mol. The number of hydrogen-bond donors (Lipinski definition) is 2. The molecule has 0 radical (unpaired) electrons. The van der Waals surface area contributed by atoms with Crippen LogP contribution in [0.1, 0.15) is 51.9 Å². The molecule has 23 heavy (non-hydrogen) atoms. The molecule has 0 unspecified atom stereocenters. The van der Waals surface area contributed by atoms with E-state index >= 15 is 0 Å². The number of guanidine groups is 1. The zero-order valence-corrected chi connectivity index (χ0v) is 17.2. The van der Waals surface area contributed by atoms with Gasteiger partial charge in [0.2, 0.25) is 0 Å². The van der Waals surface area contributed by atoms with E-state index in [-0.39, 0.29) is 29.6 Å². The van der Waals surface area contributed by atoms with Crippen molar-refractivity contribution < 1.29 is 9.47 Å². The van der Waals surface area contributed by atoms with Gasteiger partial charge in [-0.25, -0.2) is 0 Å². The first kappa shape index (κ1) is 21.0. The number of nitrogens with one attached hydrogen (secondary N) is 2. The van der Waals surface area contributed by atoms with Crippen molar-refractivity contribution in [2.75, 3.05) is 33.9 Å². The highest BCUT2D eigenvalue weighted by atomic mass is 127. The SMILES string of the molecule is CCC1CCC(NC(=NC)NCC2(OC)CCOCC2)CC1.I. The lowest BCUT2D eigenvalue weighted by Crippen LogP contribution is -2.52. The van der Waals surface area contributed by atoms with Crippen molar-refractivity contribution in [3.63, 3.8) is 0 Å². The van der Waals surface area contributed by atoms with E-state index in [1.807, 2.05) is 7.05 Å². The molecule has 136 valence electrons. The summed E-state index contributed by atoms with van der Waals surface area (Å²) in [6, 6.07) is 0.558. The van der Waals surface area contributed by atoms with Gasteiger partial charge in [-0.15, -0.1) is 24.0 Å². The molecule has 0 amide bonds. The molecule has 5 nitrogen and oxygen atoms in total. The maximum atomic E-state index is 5.77. The summed E-state index contributed by atoms with van der Waals surface area (Å²) in [5, 5.41) is 7.04. The molecule has 6 heteroatoms. The quantitative estimate of drug-likeness (QED) is 0.393. The third-order valence-electron chi connectivity index (χ3n) is 5.40. The van der Waals surface area contributed by atoms with E-state index in [2.05, 4.69) is 22.5 Å². The standard InChI is InChI=1S/C17H33N3O2.HI/c1-4-14-5-7-15(8-6-14)20-16(18-2)19-13-17(21-3)9-11-22-12-10-17;/h14-15H,4-13H2,1-3H3,(H2,18,19,20);1H. The van der Waals surface area contributed by atoms with Crippen molar-refractivity contribution in [2.24, 2.45) is 10.9 Å². The van der Waals surface area contributed by atoms with Gasteiger partial charge >= 0.3 is 0 Å². The number of aliphatic imine (C=N–C) groups is 1. The van der Waals surface area contributed by atoms with Crippen molar-refractivity contribution in [3.05, 3.63) is 0 Å². The summed E-state index contributed by atoms with van der Waals surface area (Å²) in [4.78, 5) is 4.38. The molecule has 0 aromatic heterocycles. The van der Waals surface area contributed by atoms with Crippen molar-refractivity contribution >= 4 is 29.9 Å². The van der Waals surface area contributed by atoms with Crippen molar-refractivity contribution in [1.29, 1.82) is 0 Å². The van der Waals surface area contributed by atoms with Crippen molar-refractivity contribution in [1.82, 2.24) is 10.6 Å². The molecular formula is C17H34IN3O2. The number of rotatable bonds is 5. The summed E-state index contributed by atoms with van der Waals surface area (Å²) >= 11 is 0. The molecule has 0 aromatic rings. The Labute approximate surface area is 158 Å². The normalized spacial score (nSPS) is 27.9. The Morgan fingerprint density at radius 1 is 1.22 bits per heavy atom. The van der Waals surface area contributed by atoms with Gasteiger partial charge in [0.15, 0.2) is 5.96 Å². The summed E-state index contributed by atoms with van der Waals surface area (Å²) in [6.07, 6.45) is 8.38. The molecule has 1 aliphatic carbocycles. The first-order valence-electron chi connectivity index (χ1n) is 8.81. The van der Waals surface area contributed by atoms with E-state index < -0.39 is 0 Å². The molecule has 2 N–H and O–H groups in total. The lowest BCUT2D eigenvalue weighted by molar-refractivity contribution is -0.0855. The van der Waals surface area contributed by atoms with Gasteiger partial charge in [-0.05, 0) is 31.6 Å². The summed E-state index contributed by atoms with van der Waals surface area (Å²) in [5.74, 6) is 1.83. The van der Waals surface area contributed by atoms with Crippen LogP contribution in [0.15, 0.2) is 4.99 Å². The van der Waals surface area contributed by atoms with Crippen LogP contribution in [-0.4, -0.2) is 51.5 Å². The molecule has 0 atom stereocenters. The first-order chi connectivity index (χ1) is 10.7. The fraction of sp³-hybridized carbons (Fsp3) is 0.941. The van der Waals surface area contributed by atoms with E-state index in [1.54, 1.807) is 7.11 Å². The molecule has 2 rings (SSSR count). The van der Waals surface area contributed by atoms with Gasteiger partial charge in [0.05, 0.1) is 5.60 Å². The third-order valence-corrected chi connectivity index (χ3v) is 5.40. The Kier molecular flexibility index (Phi) is 9.77. The van der Waals surface area contributed by atoms with Crippen LogP contribution in [-0.2, 0) is 9.47 Å². The summed E-state index contributed by atoms with van der Waals surface area (Å²) < 4.78 is 11.2. The smallest absolute Gasteiger partial charge is 0.191 e. The summed E-state index contributed by atoms with van der Waals surface area (Å²) in [7, 11) is 3.64. The molecule has 1 saturated carbocycles. The van der Waals surface area contributed by atoms with E-state index in [1.165, 1.54) is 32.1 Å². The van der Waals surface area contributed by atoms with Crippen LogP contribution >= 0.6 is 24.0 Å². The lowest BCUT2D eigenvalue weighted by Gasteiger charge is -2.37. The van der Waals surface area contributed by atoms with Crippen LogP contribution < -0.4 is 10.6 Å². The molecular weight excluding hydrogens is 405 g/mol. The van der Waals surface area contributed by atoms with E-state index in [4.69, 9.17) is 9.47 Å². The Bertz CT molecular complexity index is 352. The minimum atomic E-state index is -0.115. The van der Waals surface area contributed by atoms with Gasteiger partial charge in [0.25, 0.3) is 0 Å². The molecule has 1 heterocycles. The van der Waals surface area contributed by atoms with Crippen LogP contribution in [0.3, 0.4) is 0 Å². The van der Waals surface area contributed by atoms with Gasteiger partial charge in [-0.3, -0.25) is 4.99 Å². The number of ether oxygens (including phenoxy) is 2. The van der Waals surface area contributed by atoms with Gasteiger partial charge in [0.1, 0.15) is 0 Å².